The largest absolute Gasteiger partial charge is 0.444 e. The van der Waals surface area contributed by atoms with E-state index in [0.717, 1.165) is 0 Å². The van der Waals surface area contributed by atoms with Crippen molar-refractivity contribution in [2.75, 3.05) is 6.54 Å². The molecule has 0 radical (unpaired) electrons. The van der Waals surface area contributed by atoms with E-state index in [0.29, 0.717) is 13.0 Å². The maximum absolute atomic E-state index is 12.5. The topological polar surface area (TPSA) is 59.0 Å². The van der Waals surface area contributed by atoms with Gasteiger partial charge >= 0.3 is 6.09 Å². The average Bonchev–Trinajstić information content (AvgIpc) is 2.63. The Bertz CT molecular complexity index is 387. The molecule has 1 amide bonds. The third-order valence-electron chi connectivity index (χ3n) is 3.57. The maximum atomic E-state index is 12.5. The zero-order valence-electron chi connectivity index (χ0n) is 15.3. The summed E-state index contributed by atoms with van der Waals surface area (Å²) in [4.78, 5) is 14.1. The zero-order valence-corrected chi connectivity index (χ0v) is 16.5. The molecule has 5 nitrogen and oxygen atoms in total. The Morgan fingerprint density at radius 3 is 2.18 bits per heavy atom. The molecule has 1 rings (SSSR count). The van der Waals surface area contributed by atoms with Crippen LogP contribution < -0.4 is 0 Å². The molecule has 1 N–H and O–H groups in total. The zero-order chi connectivity index (χ0) is 17.3. The molecular weight excluding hydrogens is 298 g/mol. The molecule has 1 aliphatic heterocycles. The van der Waals surface area contributed by atoms with Gasteiger partial charge in [-0.1, -0.05) is 20.8 Å². The van der Waals surface area contributed by atoms with Crippen LogP contribution in [0.25, 0.3) is 0 Å². The van der Waals surface area contributed by atoms with E-state index in [1.807, 2.05) is 20.8 Å². The van der Waals surface area contributed by atoms with Gasteiger partial charge in [0, 0.05) is 0 Å². The number of hydrogen-bond acceptors (Lipinski definition) is 4. The number of carbonyl (C=O) groups is 1. The molecule has 0 aliphatic carbocycles. The Morgan fingerprint density at radius 2 is 1.77 bits per heavy atom. The molecule has 1 unspecified atom stereocenters. The van der Waals surface area contributed by atoms with Gasteiger partial charge in [-0.3, -0.25) is 4.90 Å². The Morgan fingerprint density at radius 1 is 1.23 bits per heavy atom. The fourth-order valence-electron chi connectivity index (χ4n) is 2.83. The van der Waals surface area contributed by atoms with E-state index in [1.165, 1.54) is 0 Å². The minimum Gasteiger partial charge on any atom is -0.444 e. The summed E-state index contributed by atoms with van der Waals surface area (Å²) >= 11 is 0. The molecule has 0 aromatic rings. The molecule has 1 heterocycles. The van der Waals surface area contributed by atoms with Gasteiger partial charge in [0.1, 0.15) is 5.60 Å². The summed E-state index contributed by atoms with van der Waals surface area (Å²) in [6.07, 6.45) is -0.427. The number of aliphatic hydroxyl groups excluding tert-OH is 1. The second kappa shape index (κ2) is 6.89. The molecule has 1 fully saturated rings. The smallest absolute Gasteiger partial charge is 0.410 e. The molecule has 22 heavy (non-hydrogen) atoms. The molecule has 130 valence electrons. The molecule has 0 aromatic heterocycles. The Hall–Kier alpha value is -0.593. The molecule has 3 atom stereocenters. The van der Waals surface area contributed by atoms with Crippen molar-refractivity contribution in [2.45, 2.75) is 84.9 Å². The van der Waals surface area contributed by atoms with Crippen molar-refractivity contribution < 1.29 is 19.1 Å². The van der Waals surface area contributed by atoms with E-state index >= 15 is 0 Å². The number of likely N-dealkylation sites (tertiary alicyclic amines) is 1. The van der Waals surface area contributed by atoms with E-state index in [1.54, 1.807) is 4.90 Å². The van der Waals surface area contributed by atoms with Crippen LogP contribution in [0.1, 0.15) is 48.0 Å². The lowest BCUT2D eigenvalue weighted by Gasteiger charge is -2.40. The van der Waals surface area contributed by atoms with E-state index in [4.69, 9.17) is 9.16 Å². The fraction of sp³-hybridized carbons (Fsp3) is 0.938. The highest BCUT2D eigenvalue weighted by atomic mass is 28.3. The van der Waals surface area contributed by atoms with Crippen molar-refractivity contribution in [3.05, 3.63) is 0 Å². The summed E-state index contributed by atoms with van der Waals surface area (Å²) in [6.45, 7) is 16.5. The lowest BCUT2D eigenvalue weighted by molar-refractivity contribution is -0.0133. The number of carbonyl (C=O) groups excluding carboxylic acids is 1. The van der Waals surface area contributed by atoms with Gasteiger partial charge in [-0.2, -0.15) is 0 Å². The third kappa shape index (κ3) is 5.55. The lowest BCUT2D eigenvalue weighted by atomic mass is 9.83. The summed E-state index contributed by atoms with van der Waals surface area (Å²) in [5.41, 5.74) is -0.647. The van der Waals surface area contributed by atoms with E-state index in [2.05, 4.69) is 33.9 Å². The third-order valence-corrected chi connectivity index (χ3v) is 4.41. The highest BCUT2D eigenvalue weighted by molar-refractivity contribution is 6.48. The van der Waals surface area contributed by atoms with Crippen molar-refractivity contribution in [2.24, 2.45) is 5.41 Å². The van der Waals surface area contributed by atoms with Gasteiger partial charge in [0.2, 0.25) is 0 Å². The predicted molar refractivity (Wildman–Crippen MR) is 90.6 cm³/mol. The number of ether oxygens (including phenoxy) is 1. The quantitative estimate of drug-likeness (QED) is 0.808. The first-order valence-corrected chi connectivity index (χ1v) is 10.9. The van der Waals surface area contributed by atoms with Crippen LogP contribution in [0, 0.1) is 5.41 Å². The van der Waals surface area contributed by atoms with Gasteiger partial charge in [0.25, 0.3) is 0 Å². The van der Waals surface area contributed by atoms with Gasteiger partial charge in [-0.25, -0.2) is 4.79 Å². The number of amides is 1. The van der Waals surface area contributed by atoms with Gasteiger partial charge < -0.3 is 14.3 Å². The number of β-amino-alcohol motifs (C(OH)–C–C–N with tert-alkyl or cyclic N) is 1. The highest BCUT2D eigenvalue weighted by Gasteiger charge is 2.45. The van der Waals surface area contributed by atoms with Gasteiger partial charge in [0.05, 0.1) is 24.8 Å². The summed E-state index contributed by atoms with van der Waals surface area (Å²) in [5.74, 6) is 0. The molecular formula is C16H33NO4Si. The van der Waals surface area contributed by atoms with E-state index in [9.17, 15) is 9.90 Å². The standard InChI is InChI=1S/C16H33NO4Si/c1-15(2,3)13(21-22(7)8)12-9-11(18)10-17(12)14(19)20-16(4,5)6/h11-13,18,22H,9-10H2,1-8H3/t11-,12+,13?/m0/s1. The van der Waals surface area contributed by atoms with Crippen LogP contribution in [0.3, 0.4) is 0 Å². The normalized spacial score (nSPS) is 24.7. The number of hydrogen-bond donors (Lipinski definition) is 1. The first kappa shape index (κ1) is 19.5. The summed E-state index contributed by atoms with van der Waals surface area (Å²) in [7, 11) is -1.27. The number of rotatable bonds is 3. The monoisotopic (exact) mass is 331 g/mol. The van der Waals surface area contributed by atoms with Crippen LogP contribution in [0.4, 0.5) is 4.79 Å². The minimum atomic E-state index is -1.27. The number of nitrogens with zero attached hydrogens (tertiary/aromatic N) is 1. The minimum absolute atomic E-state index is 0.0937. The summed E-state index contributed by atoms with van der Waals surface area (Å²) in [5, 5.41) is 10.1. The van der Waals surface area contributed by atoms with Gasteiger partial charge in [-0.05, 0) is 45.7 Å². The van der Waals surface area contributed by atoms with Crippen molar-refractivity contribution in [3.8, 4) is 0 Å². The van der Waals surface area contributed by atoms with Crippen LogP contribution in [0.2, 0.25) is 13.1 Å². The summed E-state index contributed by atoms with van der Waals surface area (Å²) in [6, 6.07) is -0.139. The van der Waals surface area contributed by atoms with E-state index < -0.39 is 20.7 Å². The first-order chi connectivity index (χ1) is 9.81. The second-order valence-corrected chi connectivity index (χ2v) is 10.9. The molecule has 0 saturated carbocycles. The van der Waals surface area contributed by atoms with Crippen molar-refractivity contribution >= 4 is 15.1 Å². The molecule has 6 heteroatoms. The summed E-state index contributed by atoms with van der Waals surface area (Å²) < 4.78 is 11.7. The Balaban J connectivity index is 2.98. The molecule has 1 saturated heterocycles. The molecule has 0 aromatic carbocycles. The van der Waals surface area contributed by atoms with E-state index in [-0.39, 0.29) is 23.7 Å². The lowest BCUT2D eigenvalue weighted by Crippen LogP contribution is -2.51. The molecule has 0 spiro atoms. The van der Waals surface area contributed by atoms with Crippen molar-refractivity contribution in [1.29, 1.82) is 0 Å². The van der Waals surface area contributed by atoms with Crippen LogP contribution in [0.5, 0.6) is 0 Å². The van der Waals surface area contributed by atoms with Gasteiger partial charge in [-0.15, -0.1) is 0 Å². The van der Waals surface area contributed by atoms with Crippen LogP contribution in [0.15, 0.2) is 0 Å². The Kier molecular flexibility index (Phi) is 6.09. The van der Waals surface area contributed by atoms with Crippen molar-refractivity contribution in [1.82, 2.24) is 4.90 Å². The second-order valence-electron chi connectivity index (χ2n) is 8.56. The molecule has 0 bridgehead atoms. The van der Waals surface area contributed by atoms with Gasteiger partial charge in [0.15, 0.2) is 9.04 Å². The molecule has 1 aliphatic rings. The number of aliphatic hydroxyl groups is 1. The first-order valence-electron chi connectivity index (χ1n) is 8.14. The SMILES string of the molecule is C[SiH](C)OC([C@H]1C[C@H](O)CN1C(=O)OC(C)(C)C)C(C)(C)C. The fourth-order valence-corrected chi connectivity index (χ4v) is 4.00. The average molecular weight is 332 g/mol. The van der Waals surface area contributed by atoms with Crippen molar-refractivity contribution in [3.63, 3.8) is 0 Å². The Labute approximate surface area is 136 Å². The van der Waals surface area contributed by atoms with Crippen LogP contribution in [-0.2, 0) is 9.16 Å². The van der Waals surface area contributed by atoms with Crippen LogP contribution in [-0.4, -0.2) is 55.5 Å². The highest BCUT2D eigenvalue weighted by Crippen LogP contribution is 2.34. The predicted octanol–water partition coefficient (Wildman–Crippen LogP) is 2.77. The maximum Gasteiger partial charge on any atom is 0.410 e. The van der Waals surface area contributed by atoms with Crippen LogP contribution >= 0.6 is 0 Å².